The van der Waals surface area contributed by atoms with Crippen molar-refractivity contribution in [3.8, 4) is 5.75 Å². The summed E-state index contributed by atoms with van der Waals surface area (Å²) in [5.74, 6) is -0.451. The van der Waals surface area contributed by atoms with Gasteiger partial charge in [-0.05, 0) is 17.7 Å². The molecule has 3 N–H and O–H groups in total. The summed E-state index contributed by atoms with van der Waals surface area (Å²) in [6, 6.07) is 4.43. The Hall–Kier alpha value is -1.75. The molecule has 0 aliphatic rings. The molecule has 1 rings (SSSR count). The molecule has 0 radical (unpaired) electrons. The van der Waals surface area contributed by atoms with Crippen LogP contribution < -0.4 is 15.8 Å². The van der Waals surface area contributed by atoms with Gasteiger partial charge in [0.25, 0.3) is 0 Å². The van der Waals surface area contributed by atoms with Crippen molar-refractivity contribution in [2.75, 3.05) is 7.11 Å². The molecule has 0 unspecified atom stereocenters. The third-order valence-corrected chi connectivity index (χ3v) is 3.14. The van der Waals surface area contributed by atoms with Crippen molar-refractivity contribution in [2.45, 2.75) is 26.3 Å². The molecule has 0 aliphatic carbocycles. The number of carbonyl (C=O) groups is 2. The standard InChI is InChI=1S/C14H19ClN2O3/c1-8(2)14(19)17-11(13(16)18)7-9-4-5-12(20-3)10(15)6-9/h4-6,8,11H,7H2,1-3H3,(H2,16,18)(H,17,19)/t11-/m0/s1. The van der Waals surface area contributed by atoms with Gasteiger partial charge in [-0.2, -0.15) is 0 Å². The first-order valence-electron chi connectivity index (χ1n) is 6.27. The van der Waals surface area contributed by atoms with Crippen LogP contribution in [0, 0.1) is 5.92 Å². The second kappa shape index (κ2) is 7.14. The van der Waals surface area contributed by atoms with Gasteiger partial charge < -0.3 is 15.8 Å². The predicted octanol–water partition coefficient (Wildman–Crippen LogP) is 1.52. The molecular formula is C14H19ClN2O3. The zero-order valence-corrected chi connectivity index (χ0v) is 12.5. The first-order valence-corrected chi connectivity index (χ1v) is 6.65. The van der Waals surface area contributed by atoms with E-state index in [4.69, 9.17) is 22.1 Å². The Morgan fingerprint density at radius 3 is 2.50 bits per heavy atom. The van der Waals surface area contributed by atoms with E-state index in [2.05, 4.69) is 5.32 Å². The lowest BCUT2D eigenvalue weighted by atomic mass is 10.0. The number of ether oxygens (including phenoxy) is 1. The molecular weight excluding hydrogens is 280 g/mol. The van der Waals surface area contributed by atoms with Gasteiger partial charge in [-0.3, -0.25) is 9.59 Å². The summed E-state index contributed by atoms with van der Waals surface area (Å²) in [7, 11) is 1.52. The van der Waals surface area contributed by atoms with Crippen molar-refractivity contribution in [3.63, 3.8) is 0 Å². The molecule has 5 nitrogen and oxygen atoms in total. The van der Waals surface area contributed by atoms with Crippen LogP contribution in [0.2, 0.25) is 5.02 Å². The van der Waals surface area contributed by atoms with Gasteiger partial charge in [0.05, 0.1) is 12.1 Å². The normalized spacial score (nSPS) is 12.1. The molecule has 110 valence electrons. The third-order valence-electron chi connectivity index (χ3n) is 2.84. The summed E-state index contributed by atoms with van der Waals surface area (Å²) in [5, 5.41) is 3.07. The second-order valence-corrected chi connectivity index (χ2v) is 5.20. The van der Waals surface area contributed by atoms with E-state index < -0.39 is 11.9 Å². The Bertz CT molecular complexity index is 503. The first-order chi connectivity index (χ1) is 9.35. The van der Waals surface area contributed by atoms with Gasteiger partial charge in [0.2, 0.25) is 11.8 Å². The lowest BCUT2D eigenvalue weighted by molar-refractivity contribution is -0.129. The maximum Gasteiger partial charge on any atom is 0.240 e. The average molecular weight is 299 g/mol. The van der Waals surface area contributed by atoms with E-state index in [1.807, 2.05) is 0 Å². The zero-order valence-electron chi connectivity index (χ0n) is 11.8. The average Bonchev–Trinajstić information content (AvgIpc) is 2.37. The van der Waals surface area contributed by atoms with Crippen LogP contribution in [0.4, 0.5) is 0 Å². The molecule has 0 spiro atoms. The maximum absolute atomic E-state index is 11.7. The zero-order chi connectivity index (χ0) is 15.3. The van der Waals surface area contributed by atoms with Crippen molar-refractivity contribution < 1.29 is 14.3 Å². The van der Waals surface area contributed by atoms with E-state index in [0.29, 0.717) is 10.8 Å². The highest BCUT2D eigenvalue weighted by Crippen LogP contribution is 2.25. The summed E-state index contributed by atoms with van der Waals surface area (Å²) in [6.07, 6.45) is 0.289. The molecule has 0 aliphatic heterocycles. The van der Waals surface area contributed by atoms with Gasteiger partial charge in [-0.1, -0.05) is 31.5 Å². The van der Waals surface area contributed by atoms with Crippen molar-refractivity contribution in [3.05, 3.63) is 28.8 Å². The Balaban J connectivity index is 2.83. The summed E-state index contributed by atoms with van der Waals surface area (Å²) in [5.41, 5.74) is 6.11. The minimum atomic E-state index is -0.755. The minimum Gasteiger partial charge on any atom is -0.495 e. The van der Waals surface area contributed by atoms with Crippen LogP contribution in [-0.4, -0.2) is 25.0 Å². The Labute approximate surface area is 123 Å². The number of hydrogen-bond acceptors (Lipinski definition) is 3. The monoisotopic (exact) mass is 298 g/mol. The van der Waals surface area contributed by atoms with Crippen LogP contribution in [0.1, 0.15) is 19.4 Å². The van der Waals surface area contributed by atoms with Gasteiger partial charge in [0.1, 0.15) is 11.8 Å². The van der Waals surface area contributed by atoms with Gasteiger partial charge in [0.15, 0.2) is 0 Å². The fourth-order valence-corrected chi connectivity index (χ4v) is 1.91. The molecule has 0 fully saturated rings. The van der Waals surface area contributed by atoms with Gasteiger partial charge in [0, 0.05) is 12.3 Å². The molecule has 1 aromatic rings. The first kappa shape index (κ1) is 16.3. The summed E-state index contributed by atoms with van der Waals surface area (Å²) < 4.78 is 5.06. The number of benzene rings is 1. The van der Waals surface area contributed by atoms with Crippen LogP contribution >= 0.6 is 11.6 Å². The number of nitrogens with two attached hydrogens (primary N) is 1. The fraction of sp³-hybridized carbons (Fsp3) is 0.429. The quantitative estimate of drug-likeness (QED) is 0.835. The van der Waals surface area contributed by atoms with E-state index in [-0.39, 0.29) is 18.2 Å². The number of primary amides is 1. The third kappa shape index (κ3) is 4.42. The van der Waals surface area contributed by atoms with Crippen LogP contribution in [0.3, 0.4) is 0 Å². The fourth-order valence-electron chi connectivity index (χ4n) is 1.63. The van der Waals surface area contributed by atoms with Crippen molar-refractivity contribution in [2.24, 2.45) is 11.7 Å². The lowest BCUT2D eigenvalue weighted by Crippen LogP contribution is -2.47. The number of amides is 2. The highest BCUT2D eigenvalue weighted by molar-refractivity contribution is 6.32. The molecule has 0 bridgehead atoms. The Morgan fingerprint density at radius 1 is 1.40 bits per heavy atom. The van der Waals surface area contributed by atoms with Crippen molar-refractivity contribution >= 4 is 23.4 Å². The van der Waals surface area contributed by atoms with Crippen molar-refractivity contribution in [1.82, 2.24) is 5.32 Å². The molecule has 6 heteroatoms. The Morgan fingerprint density at radius 2 is 2.05 bits per heavy atom. The predicted molar refractivity (Wildman–Crippen MR) is 77.7 cm³/mol. The molecule has 2 amide bonds. The van der Waals surface area contributed by atoms with Crippen LogP contribution in [0.25, 0.3) is 0 Å². The Kier molecular flexibility index (Phi) is 5.82. The minimum absolute atomic E-state index is 0.212. The van der Waals surface area contributed by atoms with Gasteiger partial charge >= 0.3 is 0 Å². The van der Waals surface area contributed by atoms with Crippen LogP contribution in [0.15, 0.2) is 18.2 Å². The van der Waals surface area contributed by atoms with Crippen LogP contribution in [0.5, 0.6) is 5.75 Å². The maximum atomic E-state index is 11.7. The smallest absolute Gasteiger partial charge is 0.240 e. The van der Waals surface area contributed by atoms with E-state index in [1.165, 1.54) is 7.11 Å². The topological polar surface area (TPSA) is 81.4 Å². The molecule has 0 heterocycles. The SMILES string of the molecule is COc1ccc(C[C@H](NC(=O)C(C)C)C(N)=O)cc1Cl. The number of rotatable bonds is 6. The van der Waals surface area contributed by atoms with E-state index >= 15 is 0 Å². The lowest BCUT2D eigenvalue weighted by Gasteiger charge is -2.17. The number of methoxy groups -OCH3 is 1. The highest BCUT2D eigenvalue weighted by atomic mass is 35.5. The molecule has 0 saturated heterocycles. The van der Waals surface area contributed by atoms with E-state index in [0.717, 1.165) is 5.56 Å². The molecule has 0 saturated carbocycles. The highest BCUT2D eigenvalue weighted by Gasteiger charge is 2.20. The van der Waals surface area contributed by atoms with E-state index in [9.17, 15) is 9.59 Å². The molecule has 0 aromatic heterocycles. The summed E-state index contributed by atoms with van der Waals surface area (Å²) in [4.78, 5) is 23.1. The molecule has 1 aromatic carbocycles. The molecule has 1 atom stereocenters. The van der Waals surface area contributed by atoms with Crippen LogP contribution in [-0.2, 0) is 16.0 Å². The number of halogens is 1. The number of hydrogen-bond donors (Lipinski definition) is 2. The number of carbonyl (C=O) groups excluding carboxylic acids is 2. The molecule has 20 heavy (non-hydrogen) atoms. The summed E-state index contributed by atoms with van der Waals surface area (Å²) in [6.45, 7) is 3.50. The summed E-state index contributed by atoms with van der Waals surface area (Å²) >= 11 is 6.02. The van der Waals surface area contributed by atoms with Crippen molar-refractivity contribution in [1.29, 1.82) is 0 Å². The number of nitrogens with one attached hydrogen (secondary N) is 1. The second-order valence-electron chi connectivity index (χ2n) is 4.79. The van der Waals surface area contributed by atoms with Gasteiger partial charge in [-0.25, -0.2) is 0 Å². The van der Waals surface area contributed by atoms with Gasteiger partial charge in [-0.15, -0.1) is 0 Å². The largest absolute Gasteiger partial charge is 0.495 e. The van der Waals surface area contributed by atoms with E-state index in [1.54, 1.807) is 32.0 Å².